The molecule has 0 spiro atoms. The van der Waals surface area contributed by atoms with Crippen LogP contribution in [0.1, 0.15) is 25.7 Å². The standard InChI is InChI=1S/C20H27ClN4O9P2/c1-2-20(27)16(10-33-36(31,32)11-35(28,29)30)34-15(18(20)26)9-25-19-13(8-22-25)14(7-17(21)24-19)23-12-5-3-4-6-12/h1,7-8,12,15-16,18,26-27H,3-6,9-11H2,(H,23,24)(H,31,32)(H2,28,29,30)/t15-,16+,18-,20+/m0/s1. The third-order valence-electron chi connectivity index (χ3n) is 6.30. The predicted octanol–water partition coefficient (Wildman–Crippen LogP) is 1.27. The van der Waals surface area contributed by atoms with Gasteiger partial charge in [-0.25, -0.2) is 9.67 Å². The number of nitrogens with zero attached hydrogens (tertiary/aromatic N) is 3. The zero-order valence-corrected chi connectivity index (χ0v) is 21.5. The lowest BCUT2D eigenvalue weighted by molar-refractivity contribution is -0.0507. The first-order valence-corrected chi connectivity index (χ1v) is 15.1. The molecule has 2 aliphatic rings. The Morgan fingerprint density at radius 3 is 2.67 bits per heavy atom. The van der Waals surface area contributed by atoms with Crippen molar-refractivity contribution >= 4 is 43.5 Å². The number of ether oxygens (including phenoxy) is 1. The number of halogens is 1. The summed E-state index contributed by atoms with van der Waals surface area (Å²) in [6.45, 7) is -0.915. The van der Waals surface area contributed by atoms with Gasteiger partial charge in [-0.2, -0.15) is 5.10 Å². The normalized spacial score (nSPS) is 28.9. The summed E-state index contributed by atoms with van der Waals surface area (Å²) < 4.78 is 34.9. The van der Waals surface area contributed by atoms with Gasteiger partial charge >= 0.3 is 15.2 Å². The van der Waals surface area contributed by atoms with Crippen molar-refractivity contribution in [1.82, 2.24) is 14.8 Å². The van der Waals surface area contributed by atoms with E-state index in [4.69, 9.17) is 37.1 Å². The Bertz CT molecular complexity index is 1260. The lowest BCUT2D eigenvalue weighted by Gasteiger charge is -2.26. The number of aliphatic hydroxyl groups is 2. The summed E-state index contributed by atoms with van der Waals surface area (Å²) in [4.78, 5) is 31.9. The zero-order chi connectivity index (χ0) is 26.3. The molecule has 1 aliphatic carbocycles. The summed E-state index contributed by atoms with van der Waals surface area (Å²) in [5, 5.41) is 30.3. The molecule has 1 aliphatic heterocycles. The van der Waals surface area contributed by atoms with E-state index in [9.17, 15) is 24.2 Å². The molecule has 6 N–H and O–H groups in total. The Morgan fingerprint density at radius 2 is 2.03 bits per heavy atom. The third-order valence-corrected chi connectivity index (χ3v) is 9.95. The Balaban J connectivity index is 1.52. The molecule has 2 aromatic rings. The first-order chi connectivity index (χ1) is 16.8. The van der Waals surface area contributed by atoms with Gasteiger partial charge in [0.15, 0.2) is 17.2 Å². The van der Waals surface area contributed by atoms with Gasteiger partial charge in [-0.15, -0.1) is 6.42 Å². The lowest BCUT2D eigenvalue weighted by atomic mass is 9.92. The van der Waals surface area contributed by atoms with Gasteiger partial charge < -0.3 is 39.5 Å². The van der Waals surface area contributed by atoms with E-state index in [1.165, 1.54) is 4.68 Å². The van der Waals surface area contributed by atoms with E-state index in [2.05, 4.69) is 15.4 Å². The number of fused-ring (bicyclic) bond motifs is 1. The number of hydrogen-bond acceptors (Lipinski definition) is 9. The minimum Gasteiger partial charge on any atom is -0.386 e. The SMILES string of the molecule is C#C[C@@]1(O)[C@@H](COP(=O)(O)CP(=O)(O)O)O[C@@H](Cn2ncc3c(NC4CCCC4)cc(Cl)nc32)[C@@H]1O. The third kappa shape index (κ3) is 5.95. The maximum absolute atomic E-state index is 12.0. The molecule has 198 valence electrons. The van der Waals surface area contributed by atoms with Crippen LogP contribution in [0.3, 0.4) is 0 Å². The van der Waals surface area contributed by atoms with Gasteiger partial charge in [-0.1, -0.05) is 30.4 Å². The maximum Gasteiger partial charge on any atom is 0.340 e. The molecule has 4 rings (SSSR count). The van der Waals surface area contributed by atoms with Crippen LogP contribution in [0.25, 0.3) is 11.0 Å². The van der Waals surface area contributed by atoms with Gasteiger partial charge in [-0.3, -0.25) is 9.13 Å². The van der Waals surface area contributed by atoms with Gasteiger partial charge in [0, 0.05) is 6.04 Å². The second-order valence-corrected chi connectivity index (χ2v) is 13.4. The molecule has 2 aromatic heterocycles. The highest BCUT2D eigenvalue weighted by molar-refractivity contribution is 7.70. The van der Waals surface area contributed by atoms with Gasteiger partial charge in [0.2, 0.25) is 0 Å². The van der Waals surface area contributed by atoms with Crippen LogP contribution in [-0.2, 0) is 24.9 Å². The fraction of sp³-hybridized carbons (Fsp3) is 0.600. The molecule has 3 heterocycles. The van der Waals surface area contributed by atoms with E-state index in [-0.39, 0.29) is 11.7 Å². The summed E-state index contributed by atoms with van der Waals surface area (Å²) in [5.41, 5.74) is -1.13. The number of nitrogens with one attached hydrogen (secondary N) is 1. The number of pyridine rings is 1. The van der Waals surface area contributed by atoms with Gasteiger partial charge in [0.05, 0.1) is 30.4 Å². The topological polar surface area (TPSA) is 196 Å². The van der Waals surface area contributed by atoms with Crippen LogP contribution < -0.4 is 5.32 Å². The van der Waals surface area contributed by atoms with E-state index in [1.807, 2.05) is 5.92 Å². The van der Waals surface area contributed by atoms with E-state index in [1.54, 1.807) is 12.3 Å². The molecule has 1 saturated carbocycles. The molecule has 0 bridgehead atoms. The van der Waals surface area contributed by atoms with E-state index < -0.39 is 51.6 Å². The molecule has 1 unspecified atom stereocenters. The largest absolute Gasteiger partial charge is 0.386 e. The van der Waals surface area contributed by atoms with Crippen molar-refractivity contribution in [1.29, 1.82) is 0 Å². The molecular weight excluding hydrogens is 538 g/mol. The van der Waals surface area contributed by atoms with Crippen molar-refractivity contribution in [2.45, 2.75) is 62.2 Å². The van der Waals surface area contributed by atoms with Gasteiger partial charge in [0.1, 0.15) is 23.5 Å². The zero-order valence-electron chi connectivity index (χ0n) is 19.0. The second kappa shape index (κ2) is 10.3. The molecule has 0 amide bonds. The molecule has 2 fully saturated rings. The summed E-state index contributed by atoms with van der Waals surface area (Å²) >= 11 is 6.24. The summed E-state index contributed by atoms with van der Waals surface area (Å²) in [6, 6.07) is 2.03. The number of rotatable bonds is 9. The fourth-order valence-electron chi connectivity index (χ4n) is 4.54. The van der Waals surface area contributed by atoms with Crippen LogP contribution in [0.15, 0.2) is 12.3 Å². The Labute approximate surface area is 211 Å². The number of hydrogen-bond donors (Lipinski definition) is 6. The Kier molecular flexibility index (Phi) is 7.87. The summed E-state index contributed by atoms with van der Waals surface area (Å²) in [7, 11) is -9.60. The summed E-state index contributed by atoms with van der Waals surface area (Å²) in [6.07, 6.45) is 7.13. The average Bonchev–Trinajstić information content (AvgIpc) is 3.47. The Hall–Kier alpha value is -1.55. The molecule has 13 nitrogen and oxygen atoms in total. The van der Waals surface area contributed by atoms with Crippen LogP contribution in [0.2, 0.25) is 5.15 Å². The lowest BCUT2D eigenvalue weighted by Crippen LogP contribution is -2.48. The predicted molar refractivity (Wildman–Crippen MR) is 130 cm³/mol. The smallest absolute Gasteiger partial charge is 0.340 e. The molecular formula is C20H27ClN4O9P2. The van der Waals surface area contributed by atoms with Gasteiger partial charge in [-0.05, 0) is 18.9 Å². The first kappa shape index (κ1) is 27.5. The molecule has 5 atom stereocenters. The number of aromatic nitrogens is 3. The number of aliphatic hydroxyl groups excluding tert-OH is 1. The highest BCUT2D eigenvalue weighted by Gasteiger charge is 2.55. The van der Waals surface area contributed by atoms with E-state index in [0.717, 1.165) is 31.4 Å². The number of terminal acetylenes is 1. The van der Waals surface area contributed by atoms with Crippen molar-refractivity contribution in [3.8, 4) is 12.3 Å². The highest BCUT2D eigenvalue weighted by atomic mass is 35.5. The highest BCUT2D eigenvalue weighted by Crippen LogP contribution is 2.55. The van der Waals surface area contributed by atoms with Crippen LogP contribution in [-0.4, -0.2) is 82.1 Å². The Morgan fingerprint density at radius 1 is 1.33 bits per heavy atom. The first-order valence-electron chi connectivity index (χ1n) is 11.1. The molecule has 16 heteroatoms. The van der Waals surface area contributed by atoms with Crippen molar-refractivity contribution in [3.05, 3.63) is 17.4 Å². The van der Waals surface area contributed by atoms with E-state index in [0.29, 0.717) is 17.1 Å². The summed E-state index contributed by atoms with van der Waals surface area (Å²) in [5.74, 6) is 0.609. The molecule has 36 heavy (non-hydrogen) atoms. The van der Waals surface area contributed by atoms with E-state index >= 15 is 0 Å². The fourth-order valence-corrected chi connectivity index (χ4v) is 7.29. The average molecular weight is 565 g/mol. The quantitative estimate of drug-likeness (QED) is 0.145. The maximum atomic E-state index is 12.0. The van der Waals surface area contributed by atoms with Crippen molar-refractivity contribution in [2.75, 3.05) is 17.8 Å². The van der Waals surface area contributed by atoms with Crippen LogP contribution >= 0.6 is 26.8 Å². The monoisotopic (exact) mass is 564 g/mol. The number of anilines is 1. The molecule has 0 radical (unpaired) electrons. The van der Waals surface area contributed by atoms with Crippen LogP contribution in [0.5, 0.6) is 0 Å². The van der Waals surface area contributed by atoms with Crippen molar-refractivity contribution in [3.63, 3.8) is 0 Å². The second-order valence-electron chi connectivity index (χ2n) is 9.00. The van der Waals surface area contributed by atoms with Crippen molar-refractivity contribution in [2.24, 2.45) is 0 Å². The van der Waals surface area contributed by atoms with Crippen LogP contribution in [0, 0.1) is 12.3 Å². The van der Waals surface area contributed by atoms with Crippen molar-refractivity contribution < 1.29 is 43.3 Å². The minimum absolute atomic E-state index is 0.110. The van der Waals surface area contributed by atoms with Gasteiger partial charge in [0.25, 0.3) is 0 Å². The van der Waals surface area contributed by atoms with Crippen LogP contribution in [0.4, 0.5) is 5.69 Å². The molecule has 0 aromatic carbocycles. The minimum atomic E-state index is -4.86. The molecule has 1 saturated heterocycles.